The van der Waals surface area contributed by atoms with Gasteiger partial charge >= 0.3 is 0 Å². The molecule has 1 saturated heterocycles. The van der Waals surface area contributed by atoms with Crippen LogP contribution in [0.1, 0.15) is 24.8 Å². The van der Waals surface area contributed by atoms with Crippen LogP contribution in [0.5, 0.6) is 0 Å². The molecule has 4 nitrogen and oxygen atoms in total. The fraction of sp³-hybridized carbons (Fsp3) is 0.467. The highest BCUT2D eigenvalue weighted by molar-refractivity contribution is 6.30. The van der Waals surface area contributed by atoms with Crippen molar-refractivity contribution in [2.45, 2.75) is 31.8 Å². The van der Waals surface area contributed by atoms with E-state index in [1.54, 1.807) is 12.1 Å². The smallest absolute Gasteiger partial charge is 0.234 e. The van der Waals surface area contributed by atoms with Crippen LogP contribution in [0.25, 0.3) is 0 Å². The number of hydrogen-bond donors (Lipinski definition) is 1. The highest BCUT2D eigenvalue weighted by Crippen LogP contribution is 2.14. The van der Waals surface area contributed by atoms with Crippen molar-refractivity contribution in [3.8, 4) is 0 Å². The maximum absolute atomic E-state index is 11.9. The van der Waals surface area contributed by atoms with Gasteiger partial charge in [0.2, 0.25) is 5.91 Å². The Morgan fingerprint density at radius 3 is 2.80 bits per heavy atom. The molecule has 0 aliphatic carbocycles. The lowest BCUT2D eigenvalue weighted by atomic mass is 10.0. The molecule has 1 N–H and O–H groups in total. The van der Waals surface area contributed by atoms with Gasteiger partial charge in [0.15, 0.2) is 0 Å². The van der Waals surface area contributed by atoms with E-state index < -0.39 is 0 Å². The van der Waals surface area contributed by atoms with Gasteiger partial charge in [-0.25, -0.2) is 0 Å². The number of rotatable bonds is 5. The lowest BCUT2D eigenvalue weighted by molar-refractivity contribution is -0.124. The molecule has 1 unspecified atom stereocenters. The first kappa shape index (κ1) is 15.0. The van der Waals surface area contributed by atoms with E-state index in [0.29, 0.717) is 11.6 Å². The highest BCUT2D eigenvalue weighted by atomic mass is 35.5. The molecule has 0 spiro atoms. The molecule has 1 amide bonds. The maximum Gasteiger partial charge on any atom is 0.234 e. The predicted octanol–water partition coefficient (Wildman–Crippen LogP) is 2.01. The minimum absolute atomic E-state index is 0.0475. The van der Waals surface area contributed by atoms with Crippen LogP contribution in [0.3, 0.4) is 0 Å². The second kappa shape index (κ2) is 7.41. The summed E-state index contributed by atoms with van der Waals surface area (Å²) < 4.78 is 0. The van der Waals surface area contributed by atoms with E-state index in [9.17, 15) is 9.59 Å². The van der Waals surface area contributed by atoms with Crippen molar-refractivity contribution in [2.24, 2.45) is 0 Å². The molecule has 1 atom stereocenters. The molecule has 0 radical (unpaired) electrons. The molecule has 20 heavy (non-hydrogen) atoms. The Morgan fingerprint density at radius 2 is 2.10 bits per heavy atom. The molecule has 1 aliphatic rings. The van der Waals surface area contributed by atoms with Crippen LogP contribution in [0.2, 0.25) is 5.02 Å². The first-order chi connectivity index (χ1) is 9.69. The van der Waals surface area contributed by atoms with E-state index in [0.717, 1.165) is 37.7 Å². The van der Waals surface area contributed by atoms with Gasteiger partial charge in [-0.3, -0.25) is 9.69 Å². The lowest BCUT2D eigenvalue weighted by Crippen LogP contribution is -2.46. The van der Waals surface area contributed by atoms with Gasteiger partial charge in [-0.2, -0.15) is 0 Å². The molecule has 0 saturated carbocycles. The average Bonchev–Trinajstić information content (AvgIpc) is 2.47. The SMILES string of the molecule is O=CC1CCCCN1CC(=O)NCc1ccc(Cl)cc1. The van der Waals surface area contributed by atoms with Gasteiger partial charge in [-0.05, 0) is 37.1 Å². The van der Waals surface area contributed by atoms with Crippen LogP contribution >= 0.6 is 11.6 Å². The van der Waals surface area contributed by atoms with Crippen molar-refractivity contribution in [3.05, 3.63) is 34.9 Å². The van der Waals surface area contributed by atoms with Crippen LogP contribution in [0, 0.1) is 0 Å². The largest absolute Gasteiger partial charge is 0.351 e. The van der Waals surface area contributed by atoms with E-state index in [1.807, 2.05) is 17.0 Å². The number of amides is 1. The summed E-state index contributed by atoms with van der Waals surface area (Å²) in [6.45, 7) is 1.59. The average molecular weight is 295 g/mol. The fourth-order valence-electron chi connectivity index (χ4n) is 2.41. The van der Waals surface area contributed by atoms with Crippen molar-refractivity contribution in [2.75, 3.05) is 13.1 Å². The van der Waals surface area contributed by atoms with Gasteiger partial charge in [0, 0.05) is 11.6 Å². The maximum atomic E-state index is 11.9. The van der Waals surface area contributed by atoms with E-state index >= 15 is 0 Å². The Kier molecular flexibility index (Phi) is 5.56. The topological polar surface area (TPSA) is 49.4 Å². The number of halogens is 1. The zero-order valence-corrected chi connectivity index (χ0v) is 12.1. The number of nitrogens with zero attached hydrogens (tertiary/aromatic N) is 1. The van der Waals surface area contributed by atoms with Crippen LogP contribution in [-0.4, -0.2) is 36.2 Å². The second-order valence-corrected chi connectivity index (χ2v) is 5.51. The third-order valence-corrected chi connectivity index (χ3v) is 3.82. The minimum Gasteiger partial charge on any atom is -0.351 e. The van der Waals surface area contributed by atoms with Gasteiger partial charge in [-0.15, -0.1) is 0 Å². The van der Waals surface area contributed by atoms with Crippen molar-refractivity contribution in [3.63, 3.8) is 0 Å². The summed E-state index contributed by atoms with van der Waals surface area (Å²) in [5, 5.41) is 3.55. The van der Waals surface area contributed by atoms with Gasteiger partial charge in [0.05, 0.1) is 12.6 Å². The normalized spacial score (nSPS) is 19.6. The van der Waals surface area contributed by atoms with Crippen molar-refractivity contribution < 1.29 is 9.59 Å². The minimum atomic E-state index is -0.106. The number of hydrogen-bond acceptors (Lipinski definition) is 3. The van der Waals surface area contributed by atoms with Crippen molar-refractivity contribution in [1.82, 2.24) is 10.2 Å². The quantitative estimate of drug-likeness (QED) is 0.845. The molecule has 1 aliphatic heterocycles. The number of likely N-dealkylation sites (tertiary alicyclic amines) is 1. The van der Waals surface area contributed by atoms with E-state index in [2.05, 4.69) is 5.32 Å². The molecular weight excluding hydrogens is 276 g/mol. The Balaban J connectivity index is 1.79. The number of aldehydes is 1. The Morgan fingerprint density at radius 1 is 1.35 bits per heavy atom. The third kappa shape index (κ3) is 4.32. The number of nitrogens with one attached hydrogen (secondary N) is 1. The number of piperidine rings is 1. The summed E-state index contributed by atoms with van der Waals surface area (Å²) in [6, 6.07) is 7.27. The molecule has 5 heteroatoms. The van der Waals surface area contributed by atoms with E-state index in [4.69, 9.17) is 11.6 Å². The molecular formula is C15H19ClN2O2. The summed E-state index contributed by atoms with van der Waals surface area (Å²) >= 11 is 5.81. The lowest BCUT2D eigenvalue weighted by Gasteiger charge is -2.31. The Labute approximate surface area is 124 Å². The predicted molar refractivity (Wildman–Crippen MR) is 78.6 cm³/mol. The Bertz CT molecular complexity index is 461. The first-order valence-corrected chi connectivity index (χ1v) is 7.27. The number of carbonyl (C=O) groups excluding carboxylic acids is 2. The van der Waals surface area contributed by atoms with Gasteiger partial charge in [-0.1, -0.05) is 30.2 Å². The van der Waals surface area contributed by atoms with E-state index in [-0.39, 0.29) is 18.5 Å². The summed E-state index contributed by atoms with van der Waals surface area (Å²) in [7, 11) is 0. The van der Waals surface area contributed by atoms with Gasteiger partial charge in [0.1, 0.15) is 6.29 Å². The summed E-state index contributed by atoms with van der Waals surface area (Å²) in [4.78, 5) is 24.8. The van der Waals surface area contributed by atoms with Crippen LogP contribution < -0.4 is 5.32 Å². The number of benzene rings is 1. The summed E-state index contributed by atoms with van der Waals surface area (Å²) in [6.07, 6.45) is 3.92. The molecule has 1 aromatic carbocycles. The molecule has 1 heterocycles. The van der Waals surface area contributed by atoms with Crippen LogP contribution in [0.15, 0.2) is 24.3 Å². The van der Waals surface area contributed by atoms with Gasteiger partial charge < -0.3 is 10.1 Å². The Hall–Kier alpha value is -1.39. The first-order valence-electron chi connectivity index (χ1n) is 6.89. The standard InChI is InChI=1S/C15H19ClN2O2/c16-13-6-4-12(5-7-13)9-17-15(20)10-18-8-2-1-3-14(18)11-19/h4-7,11,14H,1-3,8-10H2,(H,17,20). The third-order valence-electron chi connectivity index (χ3n) is 3.57. The van der Waals surface area contributed by atoms with Crippen molar-refractivity contribution in [1.29, 1.82) is 0 Å². The van der Waals surface area contributed by atoms with E-state index in [1.165, 1.54) is 0 Å². The van der Waals surface area contributed by atoms with Crippen LogP contribution in [0.4, 0.5) is 0 Å². The van der Waals surface area contributed by atoms with Crippen LogP contribution in [-0.2, 0) is 16.1 Å². The molecule has 1 fully saturated rings. The molecule has 0 aromatic heterocycles. The second-order valence-electron chi connectivity index (χ2n) is 5.07. The number of carbonyl (C=O) groups is 2. The summed E-state index contributed by atoms with van der Waals surface area (Å²) in [5.41, 5.74) is 1.01. The molecule has 1 aromatic rings. The highest BCUT2D eigenvalue weighted by Gasteiger charge is 2.23. The monoisotopic (exact) mass is 294 g/mol. The zero-order chi connectivity index (χ0) is 14.4. The van der Waals surface area contributed by atoms with Gasteiger partial charge in [0.25, 0.3) is 0 Å². The molecule has 2 rings (SSSR count). The van der Waals surface area contributed by atoms with Crippen molar-refractivity contribution >= 4 is 23.8 Å². The molecule has 108 valence electrons. The summed E-state index contributed by atoms with van der Waals surface area (Å²) in [5.74, 6) is -0.0475. The zero-order valence-electron chi connectivity index (χ0n) is 11.3. The fourth-order valence-corrected chi connectivity index (χ4v) is 2.54. The molecule has 0 bridgehead atoms.